The third kappa shape index (κ3) is 2.79. The van der Waals surface area contributed by atoms with Gasteiger partial charge >= 0.3 is 0 Å². The van der Waals surface area contributed by atoms with Crippen LogP contribution in [-0.2, 0) is 6.42 Å². The van der Waals surface area contributed by atoms with E-state index in [1.54, 1.807) is 11.3 Å². The summed E-state index contributed by atoms with van der Waals surface area (Å²) in [6.45, 7) is 2.23. The van der Waals surface area contributed by atoms with Gasteiger partial charge in [-0.05, 0) is 18.8 Å². The van der Waals surface area contributed by atoms with Crippen LogP contribution in [0.15, 0.2) is 11.7 Å². The Hall–Kier alpha value is -0.410. The maximum absolute atomic E-state index is 10.5. The SMILES string of the molecule is CCC1CCCC(O)(Cc2cncs2)C1. The molecule has 1 fully saturated rings. The average Bonchev–Trinajstić information content (AvgIpc) is 2.69. The summed E-state index contributed by atoms with van der Waals surface area (Å²) < 4.78 is 0. The van der Waals surface area contributed by atoms with E-state index in [2.05, 4.69) is 11.9 Å². The molecule has 0 saturated heterocycles. The molecule has 0 aliphatic heterocycles. The largest absolute Gasteiger partial charge is 0.390 e. The molecular formula is C12H19NOS. The second-order valence-electron chi connectivity index (χ2n) is 4.74. The van der Waals surface area contributed by atoms with Crippen molar-refractivity contribution in [1.29, 1.82) is 0 Å². The molecule has 2 nitrogen and oxygen atoms in total. The Morgan fingerprint density at radius 3 is 3.20 bits per heavy atom. The molecule has 1 aliphatic rings. The zero-order valence-corrected chi connectivity index (χ0v) is 10.1. The van der Waals surface area contributed by atoms with Crippen molar-refractivity contribution in [3.8, 4) is 0 Å². The van der Waals surface area contributed by atoms with E-state index in [1.807, 2.05) is 11.7 Å². The molecule has 0 radical (unpaired) electrons. The molecule has 0 spiro atoms. The lowest BCUT2D eigenvalue weighted by atomic mass is 9.75. The van der Waals surface area contributed by atoms with Crippen LogP contribution in [0.3, 0.4) is 0 Å². The number of hydrogen-bond donors (Lipinski definition) is 1. The summed E-state index contributed by atoms with van der Waals surface area (Å²) in [6.07, 6.45) is 8.29. The van der Waals surface area contributed by atoms with Crippen molar-refractivity contribution in [1.82, 2.24) is 4.98 Å². The predicted octanol–water partition coefficient (Wildman–Crippen LogP) is 3.02. The van der Waals surface area contributed by atoms with Crippen molar-refractivity contribution in [2.24, 2.45) is 5.92 Å². The van der Waals surface area contributed by atoms with Crippen LogP contribution in [0.2, 0.25) is 0 Å². The molecule has 2 rings (SSSR count). The Bertz CT molecular complexity index is 299. The molecule has 0 bridgehead atoms. The first-order valence-corrected chi connectivity index (χ1v) is 6.69. The van der Waals surface area contributed by atoms with Crippen LogP contribution in [0, 0.1) is 5.92 Å². The summed E-state index contributed by atoms with van der Waals surface area (Å²) >= 11 is 1.65. The minimum Gasteiger partial charge on any atom is -0.390 e. The molecule has 1 heterocycles. The molecular weight excluding hydrogens is 206 g/mol. The van der Waals surface area contributed by atoms with Crippen LogP contribution in [0.25, 0.3) is 0 Å². The Kier molecular flexibility index (Phi) is 3.42. The van der Waals surface area contributed by atoms with Gasteiger partial charge in [-0.2, -0.15) is 0 Å². The summed E-state index contributed by atoms with van der Waals surface area (Å²) in [6, 6.07) is 0. The molecule has 3 heteroatoms. The van der Waals surface area contributed by atoms with Crippen LogP contribution in [0.1, 0.15) is 43.9 Å². The molecule has 15 heavy (non-hydrogen) atoms. The molecule has 84 valence electrons. The lowest BCUT2D eigenvalue weighted by Crippen LogP contribution is -2.37. The fraction of sp³-hybridized carbons (Fsp3) is 0.750. The van der Waals surface area contributed by atoms with Crippen molar-refractivity contribution >= 4 is 11.3 Å². The van der Waals surface area contributed by atoms with Crippen molar-refractivity contribution < 1.29 is 5.11 Å². The molecule has 0 aromatic carbocycles. The van der Waals surface area contributed by atoms with E-state index >= 15 is 0 Å². The third-order valence-corrected chi connectivity index (χ3v) is 4.27. The van der Waals surface area contributed by atoms with Gasteiger partial charge in [0.05, 0.1) is 11.1 Å². The van der Waals surface area contributed by atoms with Gasteiger partial charge in [-0.15, -0.1) is 11.3 Å². The van der Waals surface area contributed by atoms with Crippen LogP contribution < -0.4 is 0 Å². The quantitative estimate of drug-likeness (QED) is 0.857. The Morgan fingerprint density at radius 1 is 1.67 bits per heavy atom. The molecule has 1 N–H and O–H groups in total. The highest BCUT2D eigenvalue weighted by molar-refractivity contribution is 7.09. The fourth-order valence-corrected chi connectivity index (χ4v) is 3.35. The maximum atomic E-state index is 10.5. The van der Waals surface area contributed by atoms with Crippen molar-refractivity contribution in [2.45, 2.75) is 51.0 Å². The van der Waals surface area contributed by atoms with Crippen molar-refractivity contribution in [2.75, 3.05) is 0 Å². The van der Waals surface area contributed by atoms with Gasteiger partial charge in [0.2, 0.25) is 0 Å². The summed E-state index contributed by atoms with van der Waals surface area (Å²) in [5.41, 5.74) is 1.39. The van der Waals surface area contributed by atoms with E-state index in [4.69, 9.17) is 0 Å². The normalized spacial score (nSPS) is 31.7. The van der Waals surface area contributed by atoms with Crippen LogP contribution in [-0.4, -0.2) is 15.7 Å². The molecule has 2 unspecified atom stereocenters. The lowest BCUT2D eigenvalue weighted by molar-refractivity contribution is -0.0156. The Labute approximate surface area is 95.4 Å². The fourth-order valence-electron chi connectivity index (χ4n) is 2.62. The van der Waals surface area contributed by atoms with Gasteiger partial charge in [0.1, 0.15) is 0 Å². The van der Waals surface area contributed by atoms with Crippen LogP contribution in [0.4, 0.5) is 0 Å². The predicted molar refractivity (Wildman–Crippen MR) is 63.0 cm³/mol. The molecule has 1 aromatic rings. The number of hydrogen-bond acceptors (Lipinski definition) is 3. The molecule has 2 atom stereocenters. The zero-order valence-electron chi connectivity index (χ0n) is 9.28. The smallest absolute Gasteiger partial charge is 0.0794 e. The number of aliphatic hydroxyl groups is 1. The van der Waals surface area contributed by atoms with E-state index in [0.717, 1.165) is 25.2 Å². The van der Waals surface area contributed by atoms with Gasteiger partial charge in [0.15, 0.2) is 0 Å². The minimum atomic E-state index is -0.453. The zero-order chi connectivity index (χ0) is 10.7. The first kappa shape index (κ1) is 11.1. The van der Waals surface area contributed by atoms with E-state index in [1.165, 1.54) is 24.1 Å². The minimum absolute atomic E-state index is 0.453. The highest BCUT2D eigenvalue weighted by Crippen LogP contribution is 2.36. The lowest BCUT2D eigenvalue weighted by Gasteiger charge is -2.36. The first-order chi connectivity index (χ1) is 7.22. The van der Waals surface area contributed by atoms with E-state index < -0.39 is 5.60 Å². The number of nitrogens with zero attached hydrogens (tertiary/aromatic N) is 1. The molecule has 1 saturated carbocycles. The second kappa shape index (κ2) is 4.62. The Balaban J connectivity index is 1.99. The van der Waals surface area contributed by atoms with Gasteiger partial charge in [-0.1, -0.05) is 26.2 Å². The number of aromatic nitrogens is 1. The Morgan fingerprint density at radius 2 is 2.53 bits per heavy atom. The number of thiazole rings is 1. The summed E-state index contributed by atoms with van der Waals surface area (Å²) in [7, 11) is 0. The summed E-state index contributed by atoms with van der Waals surface area (Å²) in [4.78, 5) is 5.28. The van der Waals surface area contributed by atoms with Gasteiger partial charge in [-0.3, -0.25) is 4.98 Å². The highest BCUT2D eigenvalue weighted by atomic mass is 32.1. The maximum Gasteiger partial charge on any atom is 0.0794 e. The van der Waals surface area contributed by atoms with Crippen molar-refractivity contribution in [3.63, 3.8) is 0 Å². The van der Waals surface area contributed by atoms with Crippen LogP contribution in [0.5, 0.6) is 0 Å². The van der Waals surface area contributed by atoms with E-state index in [-0.39, 0.29) is 0 Å². The van der Waals surface area contributed by atoms with Crippen molar-refractivity contribution in [3.05, 3.63) is 16.6 Å². The van der Waals surface area contributed by atoms with E-state index in [9.17, 15) is 5.11 Å². The van der Waals surface area contributed by atoms with Gasteiger partial charge in [-0.25, -0.2) is 0 Å². The van der Waals surface area contributed by atoms with Crippen LogP contribution >= 0.6 is 11.3 Å². The van der Waals surface area contributed by atoms with Gasteiger partial charge in [0.25, 0.3) is 0 Å². The number of rotatable bonds is 3. The molecule has 1 aliphatic carbocycles. The highest BCUT2D eigenvalue weighted by Gasteiger charge is 2.33. The monoisotopic (exact) mass is 225 g/mol. The standard InChI is InChI=1S/C12H19NOS/c1-2-10-4-3-5-12(14,6-10)7-11-8-13-9-15-11/h8-10,14H,2-7H2,1H3. The summed E-state index contributed by atoms with van der Waals surface area (Å²) in [5.74, 6) is 0.719. The molecule has 1 aromatic heterocycles. The molecule has 0 amide bonds. The average molecular weight is 225 g/mol. The van der Waals surface area contributed by atoms with Gasteiger partial charge in [0, 0.05) is 17.5 Å². The van der Waals surface area contributed by atoms with Gasteiger partial charge < -0.3 is 5.11 Å². The topological polar surface area (TPSA) is 33.1 Å². The summed E-state index contributed by atoms with van der Waals surface area (Å²) in [5, 5.41) is 10.5. The third-order valence-electron chi connectivity index (χ3n) is 3.49. The second-order valence-corrected chi connectivity index (χ2v) is 5.71. The van der Waals surface area contributed by atoms with E-state index in [0.29, 0.717) is 0 Å². The first-order valence-electron chi connectivity index (χ1n) is 5.81.